The van der Waals surface area contributed by atoms with Crippen molar-refractivity contribution in [3.05, 3.63) is 49.6 Å². The van der Waals surface area contributed by atoms with Crippen molar-refractivity contribution in [2.24, 2.45) is 17.8 Å². The van der Waals surface area contributed by atoms with Crippen LogP contribution in [0.4, 0.5) is 11.4 Å². The monoisotopic (exact) mass is 744 g/mol. The van der Waals surface area contributed by atoms with E-state index in [1.807, 2.05) is 38.1 Å². The number of esters is 1. The fraction of sp³-hybridized carbons (Fsp3) is 0.622. The van der Waals surface area contributed by atoms with Crippen LogP contribution >= 0.6 is 15.9 Å². The van der Waals surface area contributed by atoms with Crippen molar-refractivity contribution in [1.29, 1.82) is 0 Å². The van der Waals surface area contributed by atoms with Crippen LogP contribution in [0.1, 0.15) is 60.3 Å². The van der Waals surface area contributed by atoms with Crippen molar-refractivity contribution in [1.82, 2.24) is 10.2 Å². The van der Waals surface area contributed by atoms with Gasteiger partial charge in [-0.1, -0.05) is 41.9 Å². The van der Waals surface area contributed by atoms with E-state index in [2.05, 4.69) is 53.2 Å². The lowest BCUT2D eigenvalue weighted by atomic mass is 9.70. The first-order valence-corrected chi connectivity index (χ1v) is 18.4. The van der Waals surface area contributed by atoms with Crippen molar-refractivity contribution in [3.63, 3.8) is 0 Å². The molecule has 49 heavy (non-hydrogen) atoms. The van der Waals surface area contributed by atoms with Gasteiger partial charge in [0.05, 0.1) is 37.1 Å². The van der Waals surface area contributed by atoms with Crippen molar-refractivity contribution >= 4 is 51.0 Å². The van der Waals surface area contributed by atoms with Gasteiger partial charge in [-0.2, -0.15) is 0 Å². The third kappa shape index (κ3) is 7.76. The number of aliphatic hydroxyl groups excluding tert-OH is 1. The van der Waals surface area contributed by atoms with Crippen LogP contribution in [0.25, 0.3) is 0 Å². The molecule has 3 amide bonds. The van der Waals surface area contributed by atoms with E-state index < -0.39 is 53.6 Å². The number of benzene rings is 1. The van der Waals surface area contributed by atoms with Crippen LogP contribution < -0.4 is 15.1 Å². The SMILES string of the molecule is C=CCCC(=O)NC[C@@H](C)OC(=O)[C@@H]1[C@H]2O[C@@]3(CC2Br)[C@H](C(=O)N(CC=C)c2ccc(N(CC)CC)cc2)N([C@@H](CO)CC(C)C)C(=O)[C@@H]13. The van der Waals surface area contributed by atoms with Gasteiger partial charge in [0.2, 0.25) is 11.8 Å². The third-order valence-electron chi connectivity index (χ3n) is 9.93. The lowest BCUT2D eigenvalue weighted by molar-refractivity contribution is -0.159. The van der Waals surface area contributed by atoms with Crippen LogP contribution in [0.5, 0.6) is 0 Å². The number of halogens is 1. The Morgan fingerprint density at radius 3 is 2.37 bits per heavy atom. The summed E-state index contributed by atoms with van der Waals surface area (Å²) in [6.07, 6.45) is 3.53. The smallest absolute Gasteiger partial charge is 0.312 e. The van der Waals surface area contributed by atoms with Crippen molar-refractivity contribution in [2.45, 2.75) is 95.0 Å². The molecule has 11 nitrogen and oxygen atoms in total. The minimum absolute atomic E-state index is 0.110. The number of allylic oxidation sites excluding steroid dienone is 1. The summed E-state index contributed by atoms with van der Waals surface area (Å²) in [5, 5.41) is 13.4. The maximum atomic E-state index is 15.0. The van der Waals surface area contributed by atoms with E-state index in [1.165, 1.54) is 4.90 Å². The van der Waals surface area contributed by atoms with Crippen LogP contribution in [-0.2, 0) is 28.7 Å². The van der Waals surface area contributed by atoms with Crippen LogP contribution in [0.15, 0.2) is 49.6 Å². The third-order valence-corrected chi connectivity index (χ3v) is 10.8. The zero-order chi connectivity index (χ0) is 36.0. The number of alkyl halides is 1. The number of nitrogens with zero attached hydrogens (tertiary/aromatic N) is 3. The summed E-state index contributed by atoms with van der Waals surface area (Å²) in [7, 11) is 0. The summed E-state index contributed by atoms with van der Waals surface area (Å²) < 4.78 is 12.5. The highest BCUT2D eigenvalue weighted by Gasteiger charge is 2.77. The topological polar surface area (TPSA) is 129 Å². The van der Waals surface area contributed by atoms with Crippen molar-refractivity contribution < 1.29 is 33.8 Å². The van der Waals surface area contributed by atoms with Gasteiger partial charge in [-0.25, -0.2) is 0 Å². The lowest BCUT2D eigenvalue weighted by Gasteiger charge is -2.40. The summed E-state index contributed by atoms with van der Waals surface area (Å²) in [5.74, 6) is -3.42. The molecular weight excluding hydrogens is 692 g/mol. The number of ether oxygens (including phenoxy) is 2. The molecule has 3 aliphatic heterocycles. The Kier molecular flexibility index (Phi) is 13.1. The number of carbonyl (C=O) groups excluding carboxylic acids is 4. The zero-order valence-electron chi connectivity index (χ0n) is 29.5. The van der Waals surface area contributed by atoms with E-state index in [9.17, 15) is 24.3 Å². The summed E-state index contributed by atoms with van der Waals surface area (Å²) in [4.78, 5) is 60.6. The molecule has 0 aromatic heterocycles. The number of carbonyl (C=O) groups is 4. The molecule has 2 N–H and O–H groups in total. The first-order chi connectivity index (χ1) is 23.4. The molecule has 0 radical (unpaired) electrons. The second-order valence-corrected chi connectivity index (χ2v) is 14.9. The maximum Gasteiger partial charge on any atom is 0.312 e. The first kappa shape index (κ1) is 38.6. The Balaban J connectivity index is 1.70. The molecule has 1 unspecified atom stereocenters. The average Bonchev–Trinajstić information content (AvgIpc) is 3.67. The Morgan fingerprint density at radius 1 is 1.14 bits per heavy atom. The van der Waals surface area contributed by atoms with Crippen LogP contribution in [0.2, 0.25) is 0 Å². The standard InChI is InChI=1S/C37H53BrN4O7/c1-8-12-13-29(44)39-21-24(7)48-36(47)30-31-34(45)42(27(22-43)19-23(5)6)33(37(31)20-28(38)32(30)49-37)35(46)41(18-9-2)26-16-14-25(15-17-26)40(10-3)11-4/h8-9,14-17,23-24,27-28,30-33,43H,1-2,10-13,18-22H2,3-7H3,(H,39,44)/t24-,27-,28?,30+,31-,32+,33+,37-/m1/s1. The van der Waals surface area contributed by atoms with E-state index in [1.54, 1.807) is 24.0 Å². The summed E-state index contributed by atoms with van der Waals surface area (Å²) >= 11 is 3.71. The quantitative estimate of drug-likeness (QED) is 0.130. The predicted octanol–water partition coefficient (Wildman–Crippen LogP) is 4.22. The zero-order valence-corrected chi connectivity index (χ0v) is 31.1. The molecule has 1 spiro atoms. The van der Waals surface area contributed by atoms with Crippen LogP contribution in [-0.4, -0.2) is 101 Å². The number of hydrogen-bond donors (Lipinski definition) is 2. The molecule has 4 rings (SSSR count). The minimum Gasteiger partial charge on any atom is -0.460 e. The minimum atomic E-state index is -1.33. The Morgan fingerprint density at radius 2 is 1.80 bits per heavy atom. The number of anilines is 2. The normalized spacial score (nSPS) is 26.7. The number of likely N-dealkylation sites (tertiary alicyclic amines) is 1. The summed E-state index contributed by atoms with van der Waals surface area (Å²) in [6.45, 7) is 19.0. The van der Waals surface area contributed by atoms with E-state index in [0.29, 0.717) is 24.9 Å². The number of rotatable bonds is 18. The molecule has 0 saturated carbocycles. The fourth-order valence-electron chi connectivity index (χ4n) is 7.76. The van der Waals surface area contributed by atoms with Crippen LogP contribution in [0, 0.1) is 17.8 Å². The molecule has 2 bridgehead atoms. The molecular formula is C37H53BrN4O7. The number of aliphatic hydroxyl groups is 1. The lowest BCUT2D eigenvalue weighted by Crippen LogP contribution is -2.59. The van der Waals surface area contributed by atoms with Gasteiger partial charge < -0.3 is 34.6 Å². The average molecular weight is 746 g/mol. The van der Waals surface area contributed by atoms with Crippen molar-refractivity contribution in [3.8, 4) is 0 Å². The molecule has 3 heterocycles. The van der Waals surface area contributed by atoms with E-state index in [4.69, 9.17) is 9.47 Å². The highest BCUT2D eigenvalue weighted by Crippen LogP contribution is 2.61. The van der Waals surface area contributed by atoms with Gasteiger partial charge in [-0.3, -0.25) is 19.2 Å². The van der Waals surface area contributed by atoms with Gasteiger partial charge in [0, 0.05) is 42.3 Å². The largest absolute Gasteiger partial charge is 0.460 e. The molecule has 3 saturated heterocycles. The van der Waals surface area contributed by atoms with Gasteiger partial charge in [0.25, 0.3) is 5.91 Å². The first-order valence-electron chi connectivity index (χ1n) is 17.5. The van der Waals surface area contributed by atoms with Gasteiger partial charge in [0.15, 0.2) is 0 Å². The number of nitrogens with one attached hydrogen (secondary N) is 1. The summed E-state index contributed by atoms with van der Waals surface area (Å²) in [6, 6.07) is 5.95. The fourth-order valence-corrected chi connectivity index (χ4v) is 8.70. The Labute approximate surface area is 299 Å². The Bertz CT molecular complexity index is 1370. The highest BCUT2D eigenvalue weighted by molar-refractivity contribution is 9.09. The molecule has 3 fully saturated rings. The van der Waals surface area contributed by atoms with Gasteiger partial charge in [-0.05, 0) is 70.2 Å². The molecule has 8 atom stereocenters. The molecule has 3 aliphatic rings. The molecule has 12 heteroatoms. The van der Waals surface area contributed by atoms with Crippen LogP contribution in [0.3, 0.4) is 0 Å². The van der Waals surface area contributed by atoms with Gasteiger partial charge in [0.1, 0.15) is 17.7 Å². The number of fused-ring (bicyclic) bond motifs is 1. The second kappa shape index (κ2) is 16.7. The highest BCUT2D eigenvalue weighted by atomic mass is 79.9. The van der Waals surface area contributed by atoms with Gasteiger partial charge in [-0.15, -0.1) is 13.2 Å². The number of hydrogen-bond acceptors (Lipinski definition) is 8. The molecule has 0 aliphatic carbocycles. The van der Waals surface area contributed by atoms with E-state index in [0.717, 1.165) is 18.8 Å². The van der Waals surface area contributed by atoms with Gasteiger partial charge >= 0.3 is 5.97 Å². The molecule has 270 valence electrons. The maximum absolute atomic E-state index is 15.0. The number of amides is 3. The van der Waals surface area contributed by atoms with E-state index >= 15 is 0 Å². The second-order valence-electron chi connectivity index (χ2n) is 13.7. The molecule has 1 aromatic rings. The Hall–Kier alpha value is -3.22. The van der Waals surface area contributed by atoms with Crippen molar-refractivity contribution in [2.75, 3.05) is 42.6 Å². The predicted molar refractivity (Wildman–Crippen MR) is 193 cm³/mol. The summed E-state index contributed by atoms with van der Waals surface area (Å²) in [5.41, 5.74) is 0.338. The molecule has 1 aromatic carbocycles. The van der Waals surface area contributed by atoms with E-state index in [-0.39, 0.29) is 48.7 Å².